The molecule has 0 saturated carbocycles. The molecule has 0 radical (unpaired) electrons. The summed E-state index contributed by atoms with van der Waals surface area (Å²) in [5.74, 6) is 0. The van der Waals surface area contributed by atoms with Crippen LogP contribution in [0.5, 0.6) is 0 Å². The highest BCUT2D eigenvalue weighted by Crippen LogP contribution is 2.32. The van der Waals surface area contributed by atoms with E-state index >= 15 is 0 Å². The maximum Gasteiger partial charge on any atom is 0.00986 e. The predicted molar refractivity (Wildman–Crippen MR) is 66.1 cm³/mol. The van der Waals surface area contributed by atoms with Crippen LogP contribution in [0, 0.1) is 0 Å². The number of nitrogens with zero attached hydrogens (tertiary/aromatic N) is 1. The summed E-state index contributed by atoms with van der Waals surface area (Å²) in [6.45, 7) is 3.71. The molecule has 0 aromatic heterocycles. The first-order valence-electron chi connectivity index (χ1n) is 7.17. The van der Waals surface area contributed by atoms with E-state index in [1.807, 2.05) is 0 Å². The Kier molecular flexibility index (Phi) is 4.49. The van der Waals surface area contributed by atoms with Gasteiger partial charge in [0.2, 0.25) is 0 Å². The van der Waals surface area contributed by atoms with Crippen molar-refractivity contribution >= 4 is 0 Å². The highest BCUT2D eigenvalue weighted by atomic mass is 15.2. The van der Waals surface area contributed by atoms with Gasteiger partial charge < -0.3 is 0 Å². The molecule has 0 bridgehead atoms. The zero-order valence-electron chi connectivity index (χ0n) is 10.4. The van der Waals surface area contributed by atoms with Crippen LogP contribution in [-0.2, 0) is 0 Å². The molecule has 2 aliphatic rings. The Balaban J connectivity index is 1.71. The molecule has 0 aromatic rings. The van der Waals surface area contributed by atoms with Crippen LogP contribution >= 0.6 is 0 Å². The minimum atomic E-state index is 0.961. The molecule has 0 spiro atoms. The van der Waals surface area contributed by atoms with Crippen LogP contribution in [0.1, 0.15) is 71.1 Å². The van der Waals surface area contributed by atoms with Crippen LogP contribution in [-0.4, -0.2) is 23.5 Å². The Bertz CT molecular complexity index is 178. The highest BCUT2D eigenvalue weighted by Gasteiger charge is 2.32. The summed E-state index contributed by atoms with van der Waals surface area (Å²) >= 11 is 0. The molecule has 2 aliphatic heterocycles. The van der Waals surface area contributed by atoms with Gasteiger partial charge in [0.1, 0.15) is 0 Å². The summed E-state index contributed by atoms with van der Waals surface area (Å²) < 4.78 is 0. The fourth-order valence-corrected chi connectivity index (χ4v) is 3.52. The quantitative estimate of drug-likeness (QED) is 0.619. The van der Waals surface area contributed by atoms with E-state index < -0.39 is 0 Å². The van der Waals surface area contributed by atoms with E-state index in [1.54, 1.807) is 0 Å². The summed E-state index contributed by atoms with van der Waals surface area (Å²) in [5, 5.41) is 0. The van der Waals surface area contributed by atoms with E-state index in [1.165, 1.54) is 70.8 Å². The fourth-order valence-electron chi connectivity index (χ4n) is 3.52. The van der Waals surface area contributed by atoms with Gasteiger partial charge in [-0.3, -0.25) is 4.90 Å². The molecule has 2 heterocycles. The minimum absolute atomic E-state index is 0.961. The molecule has 0 aromatic carbocycles. The van der Waals surface area contributed by atoms with Gasteiger partial charge in [-0.25, -0.2) is 0 Å². The molecular weight excluding hydrogens is 182 g/mol. The van der Waals surface area contributed by atoms with Crippen molar-refractivity contribution in [1.82, 2.24) is 4.90 Å². The van der Waals surface area contributed by atoms with Crippen molar-refractivity contribution in [2.75, 3.05) is 6.54 Å². The third kappa shape index (κ3) is 2.96. The van der Waals surface area contributed by atoms with E-state index in [0.29, 0.717) is 0 Å². The summed E-state index contributed by atoms with van der Waals surface area (Å²) in [6.07, 6.45) is 14.7. The molecule has 2 saturated heterocycles. The van der Waals surface area contributed by atoms with Crippen LogP contribution < -0.4 is 0 Å². The van der Waals surface area contributed by atoms with E-state index in [-0.39, 0.29) is 0 Å². The Morgan fingerprint density at radius 2 is 1.87 bits per heavy atom. The van der Waals surface area contributed by atoms with Crippen molar-refractivity contribution in [2.24, 2.45) is 0 Å². The van der Waals surface area contributed by atoms with Gasteiger partial charge in [0.25, 0.3) is 0 Å². The molecule has 0 unspecified atom stereocenters. The molecule has 2 fully saturated rings. The number of unbranched alkanes of at least 4 members (excludes halogenated alkanes) is 3. The van der Waals surface area contributed by atoms with Gasteiger partial charge in [0, 0.05) is 12.1 Å². The molecule has 1 nitrogen and oxygen atoms in total. The molecule has 0 N–H and O–H groups in total. The van der Waals surface area contributed by atoms with Crippen molar-refractivity contribution in [3.05, 3.63) is 0 Å². The summed E-state index contributed by atoms with van der Waals surface area (Å²) in [7, 11) is 0. The van der Waals surface area contributed by atoms with Crippen molar-refractivity contribution in [3.8, 4) is 0 Å². The van der Waals surface area contributed by atoms with Gasteiger partial charge in [-0.1, -0.05) is 39.0 Å². The van der Waals surface area contributed by atoms with E-state index in [0.717, 1.165) is 12.1 Å². The second kappa shape index (κ2) is 5.89. The van der Waals surface area contributed by atoms with Crippen LogP contribution in [0.3, 0.4) is 0 Å². The lowest BCUT2D eigenvalue weighted by atomic mass is 9.93. The average molecular weight is 209 g/mol. The van der Waals surface area contributed by atoms with Crippen molar-refractivity contribution < 1.29 is 0 Å². The number of piperidine rings is 1. The Morgan fingerprint density at radius 3 is 2.73 bits per heavy atom. The summed E-state index contributed by atoms with van der Waals surface area (Å²) in [4.78, 5) is 2.84. The second-order valence-corrected chi connectivity index (χ2v) is 5.47. The number of fused-ring (bicyclic) bond motifs is 1. The molecule has 0 aliphatic carbocycles. The average Bonchev–Trinajstić information content (AvgIpc) is 2.73. The van der Waals surface area contributed by atoms with Gasteiger partial charge >= 0.3 is 0 Å². The first-order chi connectivity index (χ1) is 7.42. The first-order valence-corrected chi connectivity index (χ1v) is 7.17. The van der Waals surface area contributed by atoms with Gasteiger partial charge in [0.15, 0.2) is 0 Å². The third-order valence-corrected chi connectivity index (χ3v) is 4.36. The zero-order chi connectivity index (χ0) is 10.5. The first kappa shape index (κ1) is 11.4. The van der Waals surface area contributed by atoms with E-state index in [2.05, 4.69) is 11.8 Å². The Morgan fingerprint density at radius 1 is 1.00 bits per heavy atom. The maximum atomic E-state index is 2.84. The Labute approximate surface area is 95.2 Å². The lowest BCUT2D eigenvalue weighted by molar-refractivity contribution is 0.114. The van der Waals surface area contributed by atoms with E-state index in [4.69, 9.17) is 0 Å². The third-order valence-electron chi connectivity index (χ3n) is 4.36. The zero-order valence-corrected chi connectivity index (χ0v) is 10.4. The predicted octanol–water partition coefficient (Wildman–Crippen LogP) is 3.97. The molecule has 0 amide bonds. The van der Waals surface area contributed by atoms with Crippen LogP contribution in [0.15, 0.2) is 0 Å². The monoisotopic (exact) mass is 209 g/mol. The molecule has 15 heavy (non-hydrogen) atoms. The van der Waals surface area contributed by atoms with Crippen molar-refractivity contribution in [1.29, 1.82) is 0 Å². The summed E-state index contributed by atoms with van der Waals surface area (Å²) in [5.41, 5.74) is 0. The molecule has 2 rings (SSSR count). The fraction of sp³-hybridized carbons (Fsp3) is 1.00. The van der Waals surface area contributed by atoms with Gasteiger partial charge in [0.05, 0.1) is 0 Å². The molecule has 88 valence electrons. The van der Waals surface area contributed by atoms with Crippen molar-refractivity contribution in [3.63, 3.8) is 0 Å². The smallest absolute Gasteiger partial charge is 0.00986 e. The highest BCUT2D eigenvalue weighted by molar-refractivity contribution is 4.88. The number of hydrogen-bond acceptors (Lipinski definition) is 1. The van der Waals surface area contributed by atoms with E-state index in [9.17, 15) is 0 Å². The molecule has 2 atom stereocenters. The lowest BCUT2D eigenvalue weighted by Crippen LogP contribution is -2.42. The summed E-state index contributed by atoms with van der Waals surface area (Å²) in [6, 6.07) is 1.94. The SMILES string of the molecule is CCCCCC[C@H]1CCC[C@H]2CCCN12. The normalized spacial score (nSPS) is 31.8. The van der Waals surface area contributed by atoms with Gasteiger partial charge in [-0.15, -0.1) is 0 Å². The lowest BCUT2D eigenvalue weighted by Gasteiger charge is -2.37. The van der Waals surface area contributed by atoms with Crippen LogP contribution in [0.4, 0.5) is 0 Å². The standard InChI is InChI=1S/C14H27N/c1-2-3-4-5-8-13-9-6-10-14-11-7-12-15(13)14/h13-14H,2-12H2,1H3/t13-,14-/m0/s1. The molecule has 1 heteroatoms. The topological polar surface area (TPSA) is 3.24 Å². The van der Waals surface area contributed by atoms with Crippen LogP contribution in [0.2, 0.25) is 0 Å². The minimum Gasteiger partial charge on any atom is -0.297 e. The largest absolute Gasteiger partial charge is 0.297 e. The second-order valence-electron chi connectivity index (χ2n) is 5.47. The Hall–Kier alpha value is -0.0400. The molecular formula is C14H27N. The van der Waals surface area contributed by atoms with Gasteiger partial charge in [-0.2, -0.15) is 0 Å². The van der Waals surface area contributed by atoms with Gasteiger partial charge in [-0.05, 0) is 38.6 Å². The number of rotatable bonds is 5. The van der Waals surface area contributed by atoms with Crippen LogP contribution in [0.25, 0.3) is 0 Å². The maximum absolute atomic E-state index is 2.84. The number of hydrogen-bond donors (Lipinski definition) is 0. The van der Waals surface area contributed by atoms with Crippen molar-refractivity contribution in [2.45, 2.75) is 83.2 Å².